The van der Waals surface area contributed by atoms with Crippen LogP contribution in [0.5, 0.6) is 0 Å². The van der Waals surface area contributed by atoms with Crippen molar-refractivity contribution in [1.82, 2.24) is 9.97 Å². The van der Waals surface area contributed by atoms with E-state index in [1.54, 1.807) is 17.5 Å². The van der Waals surface area contributed by atoms with Crippen molar-refractivity contribution in [2.24, 2.45) is 0 Å². The van der Waals surface area contributed by atoms with Crippen molar-refractivity contribution in [3.8, 4) is 11.3 Å². The number of hydrogen-bond acceptors (Lipinski definition) is 4. The zero-order valence-corrected chi connectivity index (χ0v) is 11.2. The summed E-state index contributed by atoms with van der Waals surface area (Å²) in [5, 5.41) is 10.7. The van der Waals surface area contributed by atoms with Crippen molar-refractivity contribution in [1.29, 1.82) is 0 Å². The van der Waals surface area contributed by atoms with E-state index in [1.165, 1.54) is 11.3 Å². The van der Waals surface area contributed by atoms with E-state index in [4.69, 9.17) is 4.98 Å². The molecule has 0 radical (unpaired) electrons. The highest BCUT2D eigenvalue weighted by molar-refractivity contribution is 7.12. The lowest BCUT2D eigenvalue weighted by molar-refractivity contribution is 0.120. The molecule has 2 aromatic rings. The van der Waals surface area contributed by atoms with Crippen molar-refractivity contribution < 1.29 is 5.11 Å². The van der Waals surface area contributed by atoms with Gasteiger partial charge in [0.1, 0.15) is 5.01 Å². The van der Waals surface area contributed by atoms with E-state index in [0.29, 0.717) is 0 Å². The van der Waals surface area contributed by atoms with Gasteiger partial charge in [-0.25, -0.2) is 4.98 Å². The highest BCUT2D eigenvalue weighted by Crippen LogP contribution is 2.46. The Hall–Kier alpha value is -1.26. The molecule has 2 aromatic heterocycles. The minimum absolute atomic E-state index is 0.0596. The molecule has 18 heavy (non-hydrogen) atoms. The van der Waals surface area contributed by atoms with Gasteiger partial charge in [0.05, 0.1) is 12.3 Å². The normalized spacial score (nSPS) is 17.4. The minimum atomic E-state index is -0.0596. The average molecular weight is 260 g/mol. The molecule has 0 aliphatic heterocycles. The van der Waals surface area contributed by atoms with Crippen LogP contribution in [0.15, 0.2) is 24.5 Å². The van der Waals surface area contributed by atoms with E-state index in [9.17, 15) is 5.11 Å². The first-order valence-electron chi connectivity index (χ1n) is 6.24. The van der Waals surface area contributed by atoms with Crippen LogP contribution in [-0.4, -0.2) is 21.7 Å². The van der Waals surface area contributed by atoms with Crippen LogP contribution in [0.2, 0.25) is 0 Å². The predicted molar refractivity (Wildman–Crippen MR) is 72.7 cm³/mol. The van der Waals surface area contributed by atoms with Gasteiger partial charge in [-0.15, -0.1) is 11.3 Å². The van der Waals surface area contributed by atoms with E-state index >= 15 is 0 Å². The molecule has 0 aromatic carbocycles. The number of thiazole rings is 1. The van der Waals surface area contributed by atoms with Gasteiger partial charge in [0.25, 0.3) is 0 Å². The van der Waals surface area contributed by atoms with Crippen LogP contribution in [0.3, 0.4) is 0 Å². The second-order valence-corrected chi connectivity index (χ2v) is 6.16. The molecule has 2 heterocycles. The number of aliphatic hydroxyl groups is 1. The highest BCUT2D eigenvalue weighted by Gasteiger charge is 2.41. The monoisotopic (exact) mass is 260 g/mol. The Bertz CT molecular complexity index is 541. The van der Waals surface area contributed by atoms with Crippen LogP contribution < -0.4 is 0 Å². The maximum absolute atomic E-state index is 9.62. The Balaban J connectivity index is 2.01. The third kappa shape index (κ3) is 1.76. The SMILES string of the molecule is Cc1sc(C2(CO)CCC2)nc1-c1cccnc1. The lowest BCUT2D eigenvalue weighted by atomic mass is 9.70. The first-order chi connectivity index (χ1) is 8.75. The van der Waals surface area contributed by atoms with Gasteiger partial charge in [0, 0.05) is 28.2 Å². The van der Waals surface area contributed by atoms with Crippen LogP contribution in [0.25, 0.3) is 11.3 Å². The van der Waals surface area contributed by atoms with Crippen molar-refractivity contribution >= 4 is 11.3 Å². The minimum Gasteiger partial charge on any atom is -0.395 e. The summed E-state index contributed by atoms with van der Waals surface area (Å²) in [6.45, 7) is 2.31. The number of hydrogen-bond donors (Lipinski definition) is 1. The fraction of sp³-hybridized carbons (Fsp3) is 0.429. The molecule has 1 fully saturated rings. The highest BCUT2D eigenvalue weighted by atomic mass is 32.1. The van der Waals surface area contributed by atoms with E-state index in [-0.39, 0.29) is 12.0 Å². The zero-order valence-electron chi connectivity index (χ0n) is 10.4. The molecule has 0 spiro atoms. The quantitative estimate of drug-likeness (QED) is 0.923. The average Bonchev–Trinajstić information content (AvgIpc) is 2.72. The fourth-order valence-electron chi connectivity index (χ4n) is 2.44. The number of nitrogens with zero attached hydrogens (tertiary/aromatic N) is 2. The third-order valence-electron chi connectivity index (χ3n) is 3.80. The molecule has 4 heteroatoms. The third-order valence-corrected chi connectivity index (χ3v) is 5.02. The Morgan fingerprint density at radius 2 is 2.28 bits per heavy atom. The Morgan fingerprint density at radius 3 is 2.83 bits per heavy atom. The molecule has 0 saturated heterocycles. The molecular formula is C14H16N2OS. The molecule has 3 nitrogen and oxygen atoms in total. The zero-order chi connectivity index (χ0) is 12.6. The lowest BCUT2D eigenvalue weighted by Gasteiger charge is -2.38. The molecule has 1 N–H and O–H groups in total. The number of aryl methyl sites for hydroxylation is 1. The molecule has 94 valence electrons. The molecule has 0 unspecified atom stereocenters. The summed E-state index contributed by atoms with van der Waals surface area (Å²) in [7, 11) is 0. The molecule has 0 atom stereocenters. The summed E-state index contributed by atoms with van der Waals surface area (Å²) in [6, 6.07) is 3.96. The van der Waals surface area contributed by atoms with Gasteiger partial charge in [-0.1, -0.05) is 6.42 Å². The maximum atomic E-state index is 9.62. The largest absolute Gasteiger partial charge is 0.395 e. The number of pyridine rings is 1. The topological polar surface area (TPSA) is 46.0 Å². The van der Waals surface area contributed by atoms with Gasteiger partial charge in [-0.05, 0) is 31.9 Å². The summed E-state index contributed by atoms with van der Waals surface area (Å²) in [5.74, 6) is 0. The number of rotatable bonds is 3. The van der Waals surface area contributed by atoms with Gasteiger partial charge in [0.2, 0.25) is 0 Å². The molecule has 1 saturated carbocycles. The molecular weight excluding hydrogens is 244 g/mol. The van der Waals surface area contributed by atoms with Crippen molar-refractivity contribution in [2.45, 2.75) is 31.6 Å². The summed E-state index contributed by atoms with van der Waals surface area (Å²) in [6.07, 6.45) is 6.93. The second-order valence-electron chi connectivity index (χ2n) is 4.96. The van der Waals surface area contributed by atoms with E-state index in [0.717, 1.165) is 29.1 Å². The molecule has 1 aliphatic carbocycles. The van der Waals surface area contributed by atoms with Crippen molar-refractivity contribution in [3.63, 3.8) is 0 Å². The molecule has 1 aliphatic rings. The number of aromatic nitrogens is 2. The van der Waals surface area contributed by atoms with E-state index in [1.807, 2.05) is 18.3 Å². The van der Waals surface area contributed by atoms with Crippen LogP contribution in [0, 0.1) is 6.92 Å². The van der Waals surface area contributed by atoms with Crippen LogP contribution in [-0.2, 0) is 5.41 Å². The van der Waals surface area contributed by atoms with Gasteiger partial charge in [-0.2, -0.15) is 0 Å². The first kappa shape index (κ1) is 11.8. The maximum Gasteiger partial charge on any atom is 0.102 e. The van der Waals surface area contributed by atoms with Crippen molar-refractivity contribution in [2.75, 3.05) is 6.61 Å². The van der Waals surface area contributed by atoms with Crippen molar-refractivity contribution in [3.05, 3.63) is 34.4 Å². The first-order valence-corrected chi connectivity index (χ1v) is 7.06. The van der Waals surface area contributed by atoms with Crippen LogP contribution in [0.4, 0.5) is 0 Å². The second kappa shape index (κ2) is 4.44. The van der Waals surface area contributed by atoms with Gasteiger partial charge in [-0.3, -0.25) is 4.98 Å². The van der Waals surface area contributed by atoms with E-state index in [2.05, 4.69) is 11.9 Å². The molecule has 0 bridgehead atoms. The van der Waals surface area contributed by atoms with Gasteiger partial charge in [0.15, 0.2) is 0 Å². The Morgan fingerprint density at radius 1 is 1.44 bits per heavy atom. The van der Waals surface area contributed by atoms with E-state index < -0.39 is 0 Å². The molecule has 0 amide bonds. The summed E-state index contributed by atoms with van der Waals surface area (Å²) in [4.78, 5) is 10.1. The summed E-state index contributed by atoms with van der Waals surface area (Å²) < 4.78 is 0. The predicted octanol–water partition coefficient (Wildman–Crippen LogP) is 2.93. The summed E-state index contributed by atoms with van der Waals surface area (Å²) >= 11 is 1.72. The smallest absolute Gasteiger partial charge is 0.102 e. The standard InChI is InChI=1S/C14H16N2OS/c1-10-12(11-4-2-7-15-8-11)16-13(18-10)14(9-17)5-3-6-14/h2,4,7-8,17H,3,5-6,9H2,1H3. The Labute approximate surface area is 111 Å². The van der Waals surface area contributed by atoms with Crippen LogP contribution in [0.1, 0.15) is 29.1 Å². The fourth-order valence-corrected chi connectivity index (χ4v) is 3.61. The molecule has 3 rings (SSSR count). The number of aliphatic hydroxyl groups excluding tert-OH is 1. The van der Waals surface area contributed by atoms with Gasteiger partial charge < -0.3 is 5.11 Å². The lowest BCUT2D eigenvalue weighted by Crippen LogP contribution is -2.37. The van der Waals surface area contributed by atoms with Gasteiger partial charge >= 0.3 is 0 Å². The summed E-state index contributed by atoms with van der Waals surface area (Å²) in [5.41, 5.74) is 2.02. The van der Waals surface area contributed by atoms with Crippen LogP contribution >= 0.6 is 11.3 Å². The Kier molecular flexibility index (Phi) is 2.92.